The van der Waals surface area contributed by atoms with Gasteiger partial charge in [-0.3, -0.25) is 4.79 Å². The number of alkyl carbamates (subject to hydrolysis) is 1. The minimum Gasteiger partial charge on any atom is -0.459 e. The molecule has 0 aliphatic heterocycles. The highest BCUT2D eigenvalue weighted by Crippen LogP contribution is 2.11. The lowest BCUT2D eigenvalue weighted by Gasteiger charge is -2.29. The van der Waals surface area contributed by atoms with Gasteiger partial charge in [0.1, 0.15) is 18.2 Å². The number of hydrogen-bond donors (Lipinski definition) is 4. The molecule has 0 saturated heterocycles. The Balaban J connectivity index is 2.84. The van der Waals surface area contributed by atoms with Crippen molar-refractivity contribution in [1.82, 2.24) is 10.6 Å². The van der Waals surface area contributed by atoms with Gasteiger partial charge in [0, 0.05) is 0 Å². The normalized spacial score (nSPS) is 13.7. The summed E-state index contributed by atoms with van der Waals surface area (Å²) in [6.45, 7) is 7.32. The Morgan fingerprint density at radius 1 is 1.03 bits per heavy atom. The molecule has 0 heterocycles. The Kier molecular flexibility index (Phi) is 9.25. The van der Waals surface area contributed by atoms with Crippen molar-refractivity contribution in [3.8, 4) is 0 Å². The van der Waals surface area contributed by atoms with Crippen LogP contribution < -0.4 is 10.6 Å². The molecule has 4 N–H and O–H groups in total. The fraction of sp³-hybridized carbons (Fsp3) is 0.571. The summed E-state index contributed by atoms with van der Waals surface area (Å²) in [6.07, 6.45) is -1.34. The number of ether oxygens (including phenoxy) is 2. The number of nitrogens with one attached hydrogen (secondary N) is 2. The van der Waals surface area contributed by atoms with Crippen LogP contribution in [-0.2, 0) is 25.7 Å². The van der Waals surface area contributed by atoms with Gasteiger partial charge in [0.2, 0.25) is 5.91 Å². The van der Waals surface area contributed by atoms with Gasteiger partial charge in [-0.2, -0.15) is 0 Å². The highest BCUT2D eigenvalue weighted by atomic mass is 16.6. The van der Waals surface area contributed by atoms with E-state index in [0.29, 0.717) is 0 Å². The van der Waals surface area contributed by atoms with Crippen LogP contribution in [0.3, 0.4) is 0 Å². The molecule has 0 aromatic heterocycles. The van der Waals surface area contributed by atoms with Gasteiger partial charge in [-0.1, -0.05) is 30.3 Å². The van der Waals surface area contributed by atoms with Crippen LogP contribution in [-0.4, -0.2) is 58.1 Å². The van der Waals surface area contributed by atoms with E-state index in [9.17, 15) is 24.6 Å². The summed E-state index contributed by atoms with van der Waals surface area (Å²) in [5.74, 6) is -1.47. The third-order valence-corrected chi connectivity index (χ3v) is 3.96. The molecular formula is C21H32N2O7. The number of amides is 2. The van der Waals surface area contributed by atoms with E-state index < -0.39 is 54.3 Å². The third kappa shape index (κ3) is 9.71. The molecule has 9 nitrogen and oxygen atoms in total. The Morgan fingerprint density at radius 2 is 1.63 bits per heavy atom. The number of esters is 1. The molecule has 1 aromatic rings. The summed E-state index contributed by atoms with van der Waals surface area (Å²) in [5.41, 5.74) is -1.44. The van der Waals surface area contributed by atoms with Crippen molar-refractivity contribution >= 4 is 18.0 Å². The average molecular weight is 424 g/mol. The maximum atomic E-state index is 12.5. The number of hydrogen-bond acceptors (Lipinski definition) is 7. The zero-order valence-electron chi connectivity index (χ0n) is 18.1. The first-order valence-electron chi connectivity index (χ1n) is 9.64. The SMILES string of the molecule is CC(C)(C)OC(=O)N[C@H](CC(=O)N[C@@H](CO)C(C)(C)O)C(=O)OCc1ccccc1. The minimum absolute atomic E-state index is 0.0310. The molecule has 0 radical (unpaired) electrons. The Morgan fingerprint density at radius 3 is 2.13 bits per heavy atom. The number of rotatable bonds is 9. The van der Waals surface area contributed by atoms with Crippen LogP contribution in [0, 0.1) is 0 Å². The summed E-state index contributed by atoms with van der Waals surface area (Å²) in [4.78, 5) is 37.0. The summed E-state index contributed by atoms with van der Waals surface area (Å²) >= 11 is 0. The minimum atomic E-state index is -1.38. The van der Waals surface area contributed by atoms with Crippen LogP contribution in [0.4, 0.5) is 4.79 Å². The van der Waals surface area contributed by atoms with E-state index in [1.807, 2.05) is 6.07 Å². The Hall–Kier alpha value is -2.65. The lowest BCUT2D eigenvalue weighted by Crippen LogP contribution is -2.53. The quantitative estimate of drug-likeness (QED) is 0.439. The monoisotopic (exact) mass is 424 g/mol. The molecule has 0 saturated carbocycles. The summed E-state index contributed by atoms with van der Waals surface area (Å²) in [7, 11) is 0. The van der Waals surface area contributed by atoms with Gasteiger partial charge in [0.05, 0.1) is 24.7 Å². The molecular weight excluding hydrogens is 392 g/mol. The first-order valence-corrected chi connectivity index (χ1v) is 9.64. The lowest BCUT2D eigenvalue weighted by atomic mass is 9.99. The molecule has 0 aliphatic carbocycles. The second-order valence-corrected chi connectivity index (χ2v) is 8.45. The van der Waals surface area contributed by atoms with Gasteiger partial charge in [-0.05, 0) is 40.2 Å². The van der Waals surface area contributed by atoms with Crippen LogP contribution in [0.2, 0.25) is 0 Å². The average Bonchev–Trinajstić information content (AvgIpc) is 2.62. The van der Waals surface area contributed by atoms with Crippen molar-refractivity contribution in [3.63, 3.8) is 0 Å². The molecule has 30 heavy (non-hydrogen) atoms. The highest BCUT2D eigenvalue weighted by molar-refractivity contribution is 5.88. The van der Waals surface area contributed by atoms with Crippen LogP contribution in [0.1, 0.15) is 46.6 Å². The van der Waals surface area contributed by atoms with Gasteiger partial charge in [-0.15, -0.1) is 0 Å². The number of benzene rings is 1. The van der Waals surface area contributed by atoms with Crippen molar-refractivity contribution in [1.29, 1.82) is 0 Å². The summed E-state index contributed by atoms with van der Waals surface area (Å²) in [5, 5.41) is 24.2. The zero-order chi connectivity index (χ0) is 22.9. The molecule has 168 valence electrons. The van der Waals surface area contributed by atoms with E-state index in [-0.39, 0.29) is 6.61 Å². The van der Waals surface area contributed by atoms with E-state index in [1.54, 1.807) is 45.0 Å². The van der Waals surface area contributed by atoms with E-state index in [0.717, 1.165) is 5.56 Å². The van der Waals surface area contributed by atoms with Crippen molar-refractivity contribution in [2.45, 2.75) is 70.9 Å². The van der Waals surface area contributed by atoms with Gasteiger partial charge in [-0.25, -0.2) is 9.59 Å². The predicted octanol–water partition coefficient (Wildman–Crippen LogP) is 1.26. The largest absolute Gasteiger partial charge is 0.459 e. The molecule has 1 aromatic carbocycles. The van der Waals surface area contributed by atoms with Crippen LogP contribution >= 0.6 is 0 Å². The first-order chi connectivity index (χ1) is 13.8. The maximum Gasteiger partial charge on any atom is 0.408 e. The van der Waals surface area contributed by atoms with Crippen molar-refractivity contribution < 1.29 is 34.1 Å². The van der Waals surface area contributed by atoms with Crippen LogP contribution in [0.5, 0.6) is 0 Å². The number of aliphatic hydroxyl groups is 2. The smallest absolute Gasteiger partial charge is 0.408 e. The second kappa shape index (κ2) is 10.9. The van der Waals surface area contributed by atoms with E-state index in [2.05, 4.69) is 10.6 Å². The van der Waals surface area contributed by atoms with E-state index >= 15 is 0 Å². The van der Waals surface area contributed by atoms with Gasteiger partial charge in [0.25, 0.3) is 0 Å². The maximum absolute atomic E-state index is 12.5. The van der Waals surface area contributed by atoms with Crippen molar-refractivity contribution in [2.24, 2.45) is 0 Å². The third-order valence-electron chi connectivity index (χ3n) is 3.96. The molecule has 2 atom stereocenters. The van der Waals surface area contributed by atoms with Crippen molar-refractivity contribution in [3.05, 3.63) is 35.9 Å². The Labute approximate surface area is 176 Å². The standard InChI is InChI=1S/C21H32N2O7/c1-20(2,3)30-19(27)22-15(11-17(25)23-16(12-24)21(4,5)28)18(26)29-13-14-9-7-6-8-10-14/h6-10,15-16,24,28H,11-13H2,1-5H3,(H,22,27)(H,23,25)/t15-,16+/m1/s1. The molecule has 0 spiro atoms. The predicted molar refractivity (Wildman–Crippen MR) is 109 cm³/mol. The summed E-state index contributed by atoms with van der Waals surface area (Å²) in [6, 6.07) is 6.68. The van der Waals surface area contributed by atoms with Gasteiger partial charge < -0.3 is 30.3 Å². The van der Waals surface area contributed by atoms with Gasteiger partial charge in [0.15, 0.2) is 0 Å². The number of carbonyl (C=O) groups excluding carboxylic acids is 3. The van der Waals surface area contributed by atoms with Crippen molar-refractivity contribution in [2.75, 3.05) is 6.61 Å². The van der Waals surface area contributed by atoms with Gasteiger partial charge >= 0.3 is 12.1 Å². The fourth-order valence-corrected chi connectivity index (χ4v) is 2.36. The number of aliphatic hydroxyl groups excluding tert-OH is 1. The second-order valence-electron chi connectivity index (χ2n) is 8.45. The Bertz CT molecular complexity index is 708. The van der Waals surface area contributed by atoms with Crippen LogP contribution in [0.25, 0.3) is 0 Å². The molecule has 0 bridgehead atoms. The molecule has 2 amide bonds. The van der Waals surface area contributed by atoms with Crippen LogP contribution in [0.15, 0.2) is 30.3 Å². The first kappa shape index (κ1) is 25.4. The molecule has 0 unspecified atom stereocenters. The highest BCUT2D eigenvalue weighted by Gasteiger charge is 2.31. The van der Waals surface area contributed by atoms with E-state index in [1.165, 1.54) is 13.8 Å². The summed E-state index contributed by atoms with van der Waals surface area (Å²) < 4.78 is 10.4. The topological polar surface area (TPSA) is 134 Å². The molecule has 9 heteroatoms. The fourth-order valence-electron chi connectivity index (χ4n) is 2.36. The molecule has 1 rings (SSSR count). The van der Waals surface area contributed by atoms with E-state index in [4.69, 9.17) is 9.47 Å². The molecule has 0 fully saturated rings. The lowest BCUT2D eigenvalue weighted by molar-refractivity contribution is -0.149. The molecule has 0 aliphatic rings. The zero-order valence-corrected chi connectivity index (χ0v) is 18.1. The number of carbonyl (C=O) groups is 3.